The molecule has 154 valence electrons. The number of rotatable bonds is 5. The molecule has 0 radical (unpaired) electrons. The van der Waals surface area contributed by atoms with Crippen molar-refractivity contribution in [1.29, 1.82) is 0 Å². The summed E-state index contributed by atoms with van der Waals surface area (Å²) in [5.74, 6) is -0.136. The fourth-order valence-electron chi connectivity index (χ4n) is 3.82. The summed E-state index contributed by atoms with van der Waals surface area (Å²) in [6, 6.07) is 11.8. The lowest BCUT2D eigenvalue weighted by molar-refractivity contribution is 0.0941. The van der Waals surface area contributed by atoms with E-state index in [0.717, 1.165) is 39.2 Å². The van der Waals surface area contributed by atoms with E-state index in [4.69, 9.17) is 4.98 Å². The molecule has 1 N–H and O–H groups in total. The Hall–Kier alpha value is -3.48. The van der Waals surface area contributed by atoms with E-state index < -0.39 is 0 Å². The van der Waals surface area contributed by atoms with Crippen LogP contribution in [0.3, 0.4) is 0 Å². The van der Waals surface area contributed by atoms with Crippen LogP contribution in [-0.2, 0) is 13.6 Å². The number of hydrogen-bond acceptors (Lipinski definition) is 4. The molecule has 4 rings (SSSR count). The average Bonchev–Trinajstić information content (AvgIpc) is 3.21. The molecule has 30 heavy (non-hydrogen) atoms. The van der Waals surface area contributed by atoms with E-state index in [-0.39, 0.29) is 11.9 Å². The minimum atomic E-state index is -0.158. The highest BCUT2D eigenvalue weighted by molar-refractivity contribution is 6.06. The second-order valence-corrected chi connectivity index (χ2v) is 7.74. The molecule has 7 nitrogen and oxygen atoms in total. The molecule has 0 aliphatic rings. The largest absolute Gasteiger partial charge is 0.345 e. The monoisotopic (exact) mass is 402 g/mol. The molecule has 4 aromatic rings. The van der Waals surface area contributed by atoms with Gasteiger partial charge in [0.1, 0.15) is 0 Å². The van der Waals surface area contributed by atoms with Crippen LogP contribution in [0.2, 0.25) is 0 Å². The van der Waals surface area contributed by atoms with Gasteiger partial charge in [-0.1, -0.05) is 30.3 Å². The van der Waals surface area contributed by atoms with Crippen molar-refractivity contribution in [2.75, 3.05) is 0 Å². The van der Waals surface area contributed by atoms with Crippen LogP contribution >= 0.6 is 0 Å². The number of aryl methyl sites for hydroxylation is 3. The topological polar surface area (TPSA) is 77.6 Å². The van der Waals surface area contributed by atoms with Gasteiger partial charge in [-0.05, 0) is 39.3 Å². The average molecular weight is 403 g/mol. The first-order chi connectivity index (χ1) is 14.3. The van der Waals surface area contributed by atoms with Gasteiger partial charge >= 0.3 is 0 Å². The van der Waals surface area contributed by atoms with E-state index in [9.17, 15) is 4.79 Å². The molecule has 1 amide bonds. The lowest BCUT2D eigenvalue weighted by Gasteiger charge is -2.15. The van der Waals surface area contributed by atoms with E-state index in [1.807, 2.05) is 68.4 Å². The van der Waals surface area contributed by atoms with Crippen LogP contribution in [0.5, 0.6) is 0 Å². The van der Waals surface area contributed by atoms with E-state index in [2.05, 4.69) is 27.6 Å². The highest BCUT2D eigenvalue weighted by Crippen LogP contribution is 2.24. The molecule has 0 aliphatic carbocycles. The molecular weight excluding hydrogens is 376 g/mol. The maximum Gasteiger partial charge on any atom is 0.252 e. The third-order valence-corrected chi connectivity index (χ3v) is 5.51. The first-order valence-corrected chi connectivity index (χ1v) is 10.0. The number of hydrogen-bond donors (Lipinski definition) is 1. The minimum Gasteiger partial charge on any atom is -0.345 e. The van der Waals surface area contributed by atoms with Crippen LogP contribution in [0, 0.1) is 20.8 Å². The number of nitrogens with one attached hydrogen (secondary N) is 1. The Balaban J connectivity index is 1.70. The Kier molecular flexibility index (Phi) is 5.11. The van der Waals surface area contributed by atoms with E-state index in [0.29, 0.717) is 12.1 Å². The first-order valence-electron chi connectivity index (χ1n) is 10.0. The van der Waals surface area contributed by atoms with Gasteiger partial charge in [0.05, 0.1) is 35.4 Å². The first kappa shape index (κ1) is 19.8. The van der Waals surface area contributed by atoms with Gasteiger partial charge in [-0.3, -0.25) is 9.48 Å². The molecular formula is C23H26N6O. The van der Waals surface area contributed by atoms with Crippen LogP contribution < -0.4 is 5.32 Å². The fraction of sp³-hybridized carbons (Fsp3) is 0.304. The van der Waals surface area contributed by atoms with Crippen molar-refractivity contribution in [3.05, 3.63) is 76.4 Å². The molecule has 0 bridgehead atoms. The normalized spacial score (nSPS) is 12.3. The Morgan fingerprint density at radius 2 is 1.90 bits per heavy atom. The van der Waals surface area contributed by atoms with Crippen molar-refractivity contribution in [1.82, 2.24) is 29.9 Å². The predicted octanol–water partition coefficient (Wildman–Crippen LogP) is 3.63. The van der Waals surface area contributed by atoms with Crippen molar-refractivity contribution in [2.45, 2.75) is 40.3 Å². The number of fused-ring (bicyclic) bond motifs is 1. The van der Waals surface area contributed by atoms with Gasteiger partial charge in [-0.2, -0.15) is 10.2 Å². The highest BCUT2D eigenvalue weighted by Gasteiger charge is 2.21. The zero-order chi connectivity index (χ0) is 21.4. The zero-order valence-corrected chi connectivity index (χ0v) is 18.0. The van der Waals surface area contributed by atoms with E-state index >= 15 is 0 Å². The molecule has 0 saturated carbocycles. The molecule has 1 atom stereocenters. The number of benzene rings is 1. The van der Waals surface area contributed by atoms with Crippen molar-refractivity contribution in [3.63, 3.8) is 0 Å². The molecule has 3 aromatic heterocycles. The zero-order valence-electron chi connectivity index (χ0n) is 18.0. The minimum absolute atomic E-state index is 0.136. The van der Waals surface area contributed by atoms with Crippen LogP contribution in [0.15, 0.2) is 42.6 Å². The standard InChI is InChI=1S/C23H26N6O/c1-14-11-19(23(30)26-15(2)20-12-24-28(5)17(20)4)21-16(3)27-29(22(21)25-14)13-18-9-7-6-8-10-18/h6-12,15H,13H2,1-5H3,(H,26,30)/t15-/m1/s1. The fourth-order valence-corrected chi connectivity index (χ4v) is 3.82. The van der Waals surface area contributed by atoms with Crippen molar-refractivity contribution in [3.8, 4) is 0 Å². The second-order valence-electron chi connectivity index (χ2n) is 7.74. The van der Waals surface area contributed by atoms with Crippen LogP contribution in [0.1, 0.15) is 51.5 Å². The maximum atomic E-state index is 13.2. The number of carbonyl (C=O) groups is 1. The number of pyridine rings is 1. The molecule has 0 spiro atoms. The van der Waals surface area contributed by atoms with Crippen LogP contribution in [-0.4, -0.2) is 30.5 Å². The van der Waals surface area contributed by atoms with Gasteiger partial charge in [0.15, 0.2) is 5.65 Å². The summed E-state index contributed by atoms with van der Waals surface area (Å²) in [6.07, 6.45) is 1.80. The van der Waals surface area contributed by atoms with Crippen molar-refractivity contribution >= 4 is 16.9 Å². The van der Waals surface area contributed by atoms with Gasteiger partial charge in [-0.15, -0.1) is 0 Å². The number of amides is 1. The van der Waals surface area contributed by atoms with E-state index in [1.54, 1.807) is 6.20 Å². The second kappa shape index (κ2) is 7.74. The molecule has 0 unspecified atom stereocenters. The smallest absolute Gasteiger partial charge is 0.252 e. The summed E-state index contributed by atoms with van der Waals surface area (Å²) in [5, 5.41) is 12.9. The molecule has 0 fully saturated rings. The Bertz CT molecular complexity index is 1220. The van der Waals surface area contributed by atoms with Crippen molar-refractivity contribution < 1.29 is 4.79 Å². The molecule has 3 heterocycles. The Labute approximate surface area is 175 Å². The number of carbonyl (C=O) groups excluding carboxylic acids is 1. The van der Waals surface area contributed by atoms with Gasteiger partial charge in [-0.25, -0.2) is 9.67 Å². The Morgan fingerprint density at radius 1 is 1.17 bits per heavy atom. The molecule has 1 aromatic carbocycles. The van der Waals surface area contributed by atoms with Crippen LogP contribution in [0.4, 0.5) is 0 Å². The lowest BCUT2D eigenvalue weighted by Crippen LogP contribution is -2.27. The number of aromatic nitrogens is 5. The van der Waals surface area contributed by atoms with Crippen LogP contribution in [0.25, 0.3) is 11.0 Å². The predicted molar refractivity (Wildman–Crippen MR) is 116 cm³/mol. The highest BCUT2D eigenvalue weighted by atomic mass is 16.1. The van der Waals surface area contributed by atoms with Crippen molar-refractivity contribution in [2.24, 2.45) is 7.05 Å². The summed E-state index contributed by atoms with van der Waals surface area (Å²) in [5.41, 5.74) is 6.08. The molecule has 0 aliphatic heterocycles. The summed E-state index contributed by atoms with van der Waals surface area (Å²) < 4.78 is 3.68. The summed E-state index contributed by atoms with van der Waals surface area (Å²) >= 11 is 0. The maximum absolute atomic E-state index is 13.2. The van der Waals surface area contributed by atoms with Gasteiger partial charge in [0.2, 0.25) is 0 Å². The molecule has 7 heteroatoms. The summed E-state index contributed by atoms with van der Waals surface area (Å²) in [6.45, 7) is 8.40. The van der Waals surface area contributed by atoms with Gasteiger partial charge in [0, 0.05) is 24.0 Å². The lowest BCUT2D eigenvalue weighted by atomic mass is 10.1. The number of nitrogens with zero attached hydrogens (tertiary/aromatic N) is 5. The Morgan fingerprint density at radius 3 is 2.57 bits per heavy atom. The van der Waals surface area contributed by atoms with Gasteiger partial charge in [0.25, 0.3) is 5.91 Å². The summed E-state index contributed by atoms with van der Waals surface area (Å²) in [7, 11) is 1.90. The third kappa shape index (κ3) is 3.58. The van der Waals surface area contributed by atoms with E-state index in [1.165, 1.54) is 0 Å². The molecule has 0 saturated heterocycles. The summed E-state index contributed by atoms with van der Waals surface area (Å²) in [4.78, 5) is 17.9. The third-order valence-electron chi connectivity index (χ3n) is 5.51. The SMILES string of the molecule is Cc1cc(C(=O)N[C@H](C)c2cnn(C)c2C)c2c(C)nn(Cc3ccccc3)c2n1. The quantitative estimate of drug-likeness (QED) is 0.553. The van der Waals surface area contributed by atoms with Gasteiger partial charge < -0.3 is 5.32 Å².